The van der Waals surface area contributed by atoms with Gasteiger partial charge < -0.3 is 25.6 Å². The highest BCUT2D eigenvalue weighted by Crippen LogP contribution is 2.34. The third-order valence-electron chi connectivity index (χ3n) is 2.38. The van der Waals surface area contributed by atoms with Crippen LogP contribution < -0.4 is 5.73 Å². The summed E-state index contributed by atoms with van der Waals surface area (Å²) < 4.78 is 0. The number of rotatable bonds is 10. The van der Waals surface area contributed by atoms with Crippen LogP contribution in [0.25, 0.3) is 0 Å². The molecule has 7 nitrogen and oxygen atoms in total. The Kier molecular flexibility index (Phi) is 8.45. The van der Waals surface area contributed by atoms with Gasteiger partial charge in [0.25, 0.3) is 0 Å². The number of carbonyl (C=O) groups is 3. The van der Waals surface area contributed by atoms with Gasteiger partial charge in [-0.15, -0.1) is 0 Å². The zero-order chi connectivity index (χ0) is 14.1. The molecule has 0 spiro atoms. The third kappa shape index (κ3) is 8.11. The largest absolute Gasteiger partial charge is 0.481 e. The van der Waals surface area contributed by atoms with Crippen molar-refractivity contribution in [1.82, 2.24) is 0 Å². The zero-order valence-electron chi connectivity index (χ0n) is 9.86. The summed E-state index contributed by atoms with van der Waals surface area (Å²) in [6, 6.07) is -1.02. The molecule has 0 aromatic carbocycles. The summed E-state index contributed by atoms with van der Waals surface area (Å²) in [5.41, 5.74) is 5.28. The second-order valence-corrected chi connectivity index (χ2v) is 5.80. The lowest BCUT2D eigenvalue weighted by Gasteiger charge is -2.15. The van der Waals surface area contributed by atoms with E-state index < -0.39 is 32.0 Å². The molecule has 0 saturated carbocycles. The first-order valence-electron chi connectivity index (χ1n) is 5.46. The summed E-state index contributed by atoms with van der Waals surface area (Å²) in [4.78, 5) is 41.1. The van der Waals surface area contributed by atoms with E-state index in [1.165, 1.54) is 0 Å². The van der Waals surface area contributed by atoms with Crippen LogP contribution in [-0.4, -0.2) is 51.7 Å². The molecule has 0 rings (SSSR count). The van der Waals surface area contributed by atoms with Gasteiger partial charge in [-0.2, -0.15) is 0 Å². The van der Waals surface area contributed by atoms with Crippen molar-refractivity contribution < 1.29 is 29.5 Å². The minimum atomic E-state index is -1.48. The van der Waals surface area contributed by atoms with Crippen molar-refractivity contribution in [3.63, 3.8) is 0 Å². The predicted molar refractivity (Wildman–Crippen MR) is 65.5 cm³/mol. The summed E-state index contributed by atoms with van der Waals surface area (Å²) in [5.74, 6) is -2.62. The average Bonchev–Trinajstić information content (AvgIpc) is 2.30. The van der Waals surface area contributed by atoms with Crippen molar-refractivity contribution in [2.45, 2.75) is 25.3 Å². The molecule has 0 radical (unpaired) electrons. The highest BCUT2D eigenvalue weighted by atomic mass is 31.1. The topological polar surface area (TPSA) is 138 Å². The molecule has 3 unspecified atom stereocenters. The van der Waals surface area contributed by atoms with Crippen molar-refractivity contribution in [2.75, 3.05) is 12.3 Å². The first kappa shape index (κ1) is 17.0. The Balaban J connectivity index is 3.96. The predicted octanol–water partition coefficient (Wildman–Crippen LogP) is -0.143. The standard InChI is InChI=1S/C10H18NO6P/c11-8(10(15)16)3-4-18(17)6-7(5-12)1-2-9(13)14/h5,7-8,17H,1-4,6,11H2,(H,13,14)(H,15,16). The highest BCUT2D eigenvalue weighted by Gasteiger charge is 2.18. The second kappa shape index (κ2) is 8.97. The molecule has 0 fully saturated rings. The Labute approximate surface area is 106 Å². The van der Waals surface area contributed by atoms with E-state index in [1.54, 1.807) is 0 Å². The van der Waals surface area contributed by atoms with E-state index in [2.05, 4.69) is 0 Å². The molecule has 18 heavy (non-hydrogen) atoms. The molecule has 0 aromatic rings. The number of hydrogen-bond donors (Lipinski definition) is 4. The van der Waals surface area contributed by atoms with Crippen molar-refractivity contribution >= 4 is 26.4 Å². The summed E-state index contributed by atoms with van der Waals surface area (Å²) in [5, 5.41) is 17.0. The van der Waals surface area contributed by atoms with Crippen molar-refractivity contribution in [1.29, 1.82) is 0 Å². The number of carbonyl (C=O) groups excluding carboxylic acids is 1. The van der Waals surface area contributed by atoms with Gasteiger partial charge in [-0.1, -0.05) is 0 Å². The van der Waals surface area contributed by atoms with E-state index in [9.17, 15) is 19.3 Å². The molecular weight excluding hydrogens is 261 g/mol. The molecule has 0 aliphatic carbocycles. The Morgan fingerprint density at radius 2 is 1.89 bits per heavy atom. The van der Waals surface area contributed by atoms with Crippen molar-refractivity contribution in [2.24, 2.45) is 11.7 Å². The molecule has 5 N–H and O–H groups in total. The fraction of sp³-hybridized carbons (Fsp3) is 0.700. The summed E-state index contributed by atoms with van der Waals surface area (Å²) >= 11 is 0. The van der Waals surface area contributed by atoms with E-state index in [-0.39, 0.29) is 31.6 Å². The summed E-state index contributed by atoms with van der Waals surface area (Å²) in [6.45, 7) is 0. The molecule has 0 heterocycles. The lowest BCUT2D eigenvalue weighted by molar-refractivity contribution is -0.139. The minimum absolute atomic E-state index is 0.124. The van der Waals surface area contributed by atoms with Crippen molar-refractivity contribution in [3.8, 4) is 0 Å². The van der Waals surface area contributed by atoms with Gasteiger partial charge in [0.15, 0.2) is 0 Å². The highest BCUT2D eigenvalue weighted by molar-refractivity contribution is 7.51. The van der Waals surface area contributed by atoms with E-state index >= 15 is 0 Å². The minimum Gasteiger partial charge on any atom is -0.481 e. The maximum atomic E-state index is 10.7. The van der Waals surface area contributed by atoms with Gasteiger partial charge in [-0.3, -0.25) is 9.59 Å². The van der Waals surface area contributed by atoms with Gasteiger partial charge in [-0.05, 0) is 19.0 Å². The van der Waals surface area contributed by atoms with E-state index in [0.29, 0.717) is 6.29 Å². The smallest absolute Gasteiger partial charge is 0.320 e. The van der Waals surface area contributed by atoms with Crippen LogP contribution >= 0.6 is 8.15 Å². The van der Waals surface area contributed by atoms with Crippen molar-refractivity contribution in [3.05, 3.63) is 0 Å². The number of nitrogens with two attached hydrogens (primary N) is 1. The second-order valence-electron chi connectivity index (χ2n) is 3.97. The van der Waals surface area contributed by atoms with Crippen LogP contribution in [0, 0.1) is 5.92 Å². The van der Waals surface area contributed by atoms with E-state index in [4.69, 9.17) is 15.9 Å². The Hall–Kier alpha value is -1.04. The van der Waals surface area contributed by atoms with Gasteiger partial charge >= 0.3 is 11.9 Å². The fourth-order valence-electron chi connectivity index (χ4n) is 1.28. The Morgan fingerprint density at radius 1 is 1.28 bits per heavy atom. The first-order valence-corrected chi connectivity index (χ1v) is 7.12. The van der Waals surface area contributed by atoms with Crippen LogP contribution in [0.1, 0.15) is 19.3 Å². The van der Waals surface area contributed by atoms with Crippen LogP contribution in [0.15, 0.2) is 0 Å². The van der Waals surface area contributed by atoms with E-state index in [1.807, 2.05) is 0 Å². The van der Waals surface area contributed by atoms with E-state index in [0.717, 1.165) is 0 Å². The monoisotopic (exact) mass is 279 g/mol. The lowest BCUT2D eigenvalue weighted by atomic mass is 10.1. The molecule has 0 amide bonds. The molecule has 0 aliphatic heterocycles. The van der Waals surface area contributed by atoms with Gasteiger partial charge in [-0.25, -0.2) is 0 Å². The lowest BCUT2D eigenvalue weighted by Crippen LogP contribution is -2.30. The van der Waals surface area contributed by atoms with Gasteiger partial charge in [0.1, 0.15) is 12.3 Å². The van der Waals surface area contributed by atoms with Gasteiger partial charge in [0.2, 0.25) is 0 Å². The number of carboxylic acid groups (broad SMARTS) is 2. The number of aliphatic carboxylic acids is 2. The third-order valence-corrected chi connectivity index (χ3v) is 4.05. The number of aldehydes is 1. The average molecular weight is 279 g/mol. The fourth-order valence-corrected chi connectivity index (χ4v) is 2.85. The number of hydrogen-bond acceptors (Lipinski definition) is 5. The molecule has 3 atom stereocenters. The van der Waals surface area contributed by atoms with Crippen LogP contribution in [0.2, 0.25) is 0 Å². The van der Waals surface area contributed by atoms with Gasteiger partial charge in [0, 0.05) is 26.6 Å². The molecule has 0 aliphatic rings. The molecule has 104 valence electrons. The van der Waals surface area contributed by atoms with Crippen LogP contribution in [-0.2, 0) is 14.4 Å². The molecule has 8 heteroatoms. The molecule has 0 bridgehead atoms. The Bertz CT molecular complexity index is 298. The quantitative estimate of drug-likeness (QED) is 0.322. The van der Waals surface area contributed by atoms with Crippen LogP contribution in [0.5, 0.6) is 0 Å². The zero-order valence-corrected chi connectivity index (χ0v) is 10.8. The number of carboxylic acids is 2. The SMILES string of the molecule is NC(CCP(O)CC(C=O)CCC(=O)O)C(=O)O. The maximum Gasteiger partial charge on any atom is 0.320 e. The Morgan fingerprint density at radius 3 is 2.33 bits per heavy atom. The summed E-state index contributed by atoms with van der Waals surface area (Å²) in [6.07, 6.45) is 1.26. The normalized spacial score (nSPS) is 15.7. The first-order chi connectivity index (χ1) is 8.36. The molecule has 0 aromatic heterocycles. The maximum absolute atomic E-state index is 10.7. The van der Waals surface area contributed by atoms with Crippen LogP contribution in [0.4, 0.5) is 0 Å². The van der Waals surface area contributed by atoms with Gasteiger partial charge in [0.05, 0.1) is 0 Å². The molecular formula is C10H18NO6P. The molecule has 0 saturated heterocycles. The van der Waals surface area contributed by atoms with Crippen LogP contribution in [0.3, 0.4) is 0 Å². The summed E-state index contributed by atoms with van der Waals surface area (Å²) in [7, 11) is -1.48.